The topological polar surface area (TPSA) is 19.7 Å². The van der Waals surface area contributed by atoms with Gasteiger partial charge in [-0.05, 0) is 25.7 Å². The minimum Gasteiger partial charge on any atom is -0.248 e. The van der Waals surface area contributed by atoms with Gasteiger partial charge in [0, 0.05) is 6.92 Å². The van der Waals surface area contributed by atoms with E-state index in [9.17, 15) is 0 Å². The molecule has 0 aliphatic heterocycles. The van der Waals surface area contributed by atoms with Crippen molar-refractivity contribution in [1.29, 1.82) is 0 Å². The molecule has 0 spiro atoms. The van der Waals surface area contributed by atoms with Crippen LogP contribution in [-0.2, 0) is 0 Å². The van der Waals surface area contributed by atoms with Crippen molar-refractivity contribution in [3.63, 3.8) is 0 Å². The number of unbranched alkanes of at least 4 members (excludes halogenated alkanes) is 30. The van der Waals surface area contributed by atoms with Gasteiger partial charge in [-0.15, -0.1) is 0 Å². The van der Waals surface area contributed by atoms with Crippen LogP contribution in [0.25, 0.3) is 0 Å². The first kappa shape index (κ1) is 40.2. The Balaban J connectivity index is 1.96. The minimum absolute atomic E-state index is 0.699. The van der Waals surface area contributed by atoms with Crippen molar-refractivity contribution < 1.29 is 4.57 Å². The Morgan fingerprint density at radius 2 is 0.674 bits per heavy atom. The third-order valence-electron chi connectivity index (χ3n) is 10.1. The standard InChI is InChI=1S/C41H80N2/c1-4-6-8-10-12-14-16-18-20-22-24-26-28-30-32-34-36-41(43-39-38-42-40(43)3)37-35-33-31-29-27-25-23-21-19-17-15-13-11-9-7-5-2/h38-39,41H,4-37H2,1-3H3/p+1. The second-order valence-corrected chi connectivity index (χ2v) is 14.3. The van der Waals surface area contributed by atoms with Crippen LogP contribution in [0.15, 0.2) is 12.4 Å². The number of aromatic nitrogens is 2. The molecule has 0 amide bonds. The van der Waals surface area contributed by atoms with E-state index in [-0.39, 0.29) is 0 Å². The van der Waals surface area contributed by atoms with Gasteiger partial charge in [0.05, 0.1) is 0 Å². The van der Waals surface area contributed by atoms with Gasteiger partial charge in [-0.2, -0.15) is 0 Å². The van der Waals surface area contributed by atoms with Crippen LogP contribution in [0.1, 0.15) is 244 Å². The number of hydrogen-bond donors (Lipinski definition) is 1. The summed E-state index contributed by atoms with van der Waals surface area (Å²) in [7, 11) is 0. The second kappa shape index (κ2) is 32.6. The predicted molar refractivity (Wildman–Crippen MR) is 193 cm³/mol. The number of aromatic amines is 1. The lowest BCUT2D eigenvalue weighted by atomic mass is 9.99. The van der Waals surface area contributed by atoms with Crippen molar-refractivity contribution >= 4 is 0 Å². The van der Waals surface area contributed by atoms with E-state index >= 15 is 0 Å². The molecule has 1 aromatic heterocycles. The summed E-state index contributed by atoms with van der Waals surface area (Å²) >= 11 is 0. The number of rotatable bonds is 35. The van der Waals surface area contributed by atoms with Crippen molar-refractivity contribution in [3.8, 4) is 0 Å². The highest BCUT2D eigenvalue weighted by molar-refractivity contribution is 4.73. The number of hydrogen-bond acceptors (Lipinski definition) is 0. The molecule has 1 rings (SSSR count). The predicted octanol–water partition coefficient (Wildman–Crippen LogP) is 14.5. The van der Waals surface area contributed by atoms with E-state index in [2.05, 4.69) is 42.7 Å². The molecule has 0 aliphatic carbocycles. The van der Waals surface area contributed by atoms with E-state index in [1.807, 2.05) is 0 Å². The molecule has 1 aromatic rings. The van der Waals surface area contributed by atoms with Crippen molar-refractivity contribution in [1.82, 2.24) is 4.98 Å². The molecule has 1 heterocycles. The maximum absolute atomic E-state index is 3.42. The summed E-state index contributed by atoms with van der Waals surface area (Å²) in [6, 6.07) is 0.699. The molecule has 0 saturated carbocycles. The molecule has 1 N–H and O–H groups in total. The van der Waals surface area contributed by atoms with Gasteiger partial charge in [-0.1, -0.05) is 206 Å². The van der Waals surface area contributed by atoms with Gasteiger partial charge in [0.2, 0.25) is 0 Å². The summed E-state index contributed by atoms with van der Waals surface area (Å²) in [6.45, 7) is 6.86. The summed E-state index contributed by atoms with van der Waals surface area (Å²) in [5, 5.41) is 0. The average Bonchev–Trinajstić information content (AvgIpc) is 3.45. The molecule has 2 heteroatoms. The van der Waals surface area contributed by atoms with Gasteiger partial charge in [0.15, 0.2) is 0 Å². The molecule has 254 valence electrons. The highest BCUT2D eigenvalue weighted by Crippen LogP contribution is 2.21. The van der Waals surface area contributed by atoms with Gasteiger partial charge < -0.3 is 0 Å². The summed E-state index contributed by atoms with van der Waals surface area (Å²) < 4.78 is 2.54. The summed E-state index contributed by atoms with van der Waals surface area (Å²) in [6.07, 6.45) is 53.6. The van der Waals surface area contributed by atoms with Gasteiger partial charge >= 0.3 is 0 Å². The molecule has 0 radical (unpaired) electrons. The van der Waals surface area contributed by atoms with Crippen molar-refractivity contribution in [2.24, 2.45) is 0 Å². The average molecular weight is 602 g/mol. The molecule has 0 fully saturated rings. The van der Waals surface area contributed by atoms with E-state index in [4.69, 9.17) is 0 Å². The van der Waals surface area contributed by atoms with Crippen LogP contribution in [0.2, 0.25) is 0 Å². The van der Waals surface area contributed by atoms with Gasteiger partial charge in [0.1, 0.15) is 18.4 Å². The van der Waals surface area contributed by atoms with Gasteiger partial charge in [0.25, 0.3) is 5.82 Å². The van der Waals surface area contributed by atoms with Crippen molar-refractivity contribution in [2.75, 3.05) is 0 Å². The smallest absolute Gasteiger partial charge is 0.248 e. The molecule has 43 heavy (non-hydrogen) atoms. The van der Waals surface area contributed by atoms with Crippen LogP contribution in [0.5, 0.6) is 0 Å². The number of aryl methyl sites for hydroxylation is 1. The zero-order chi connectivity index (χ0) is 30.9. The molecular formula is C41H81N2+. The Morgan fingerprint density at radius 1 is 0.419 bits per heavy atom. The lowest BCUT2D eigenvalue weighted by Gasteiger charge is -2.15. The minimum atomic E-state index is 0.699. The fourth-order valence-electron chi connectivity index (χ4n) is 7.10. The van der Waals surface area contributed by atoms with Crippen LogP contribution >= 0.6 is 0 Å². The molecule has 0 unspecified atom stereocenters. The second-order valence-electron chi connectivity index (χ2n) is 14.3. The molecule has 2 nitrogen and oxygen atoms in total. The van der Waals surface area contributed by atoms with Crippen molar-refractivity contribution in [2.45, 2.75) is 245 Å². The highest BCUT2D eigenvalue weighted by atomic mass is 15.1. The lowest BCUT2D eigenvalue weighted by molar-refractivity contribution is -0.728. The van der Waals surface area contributed by atoms with E-state index in [1.54, 1.807) is 0 Å². The quantitative estimate of drug-likeness (QED) is 0.0590. The van der Waals surface area contributed by atoms with Crippen LogP contribution in [0, 0.1) is 6.92 Å². The summed E-state index contributed by atoms with van der Waals surface area (Å²) in [5.41, 5.74) is 0. The fraction of sp³-hybridized carbons (Fsp3) is 0.927. The van der Waals surface area contributed by atoms with Crippen LogP contribution in [0.3, 0.4) is 0 Å². The van der Waals surface area contributed by atoms with Gasteiger partial charge in [-0.3, -0.25) is 0 Å². The van der Waals surface area contributed by atoms with E-state index in [0.717, 1.165) is 0 Å². The fourth-order valence-corrected chi connectivity index (χ4v) is 7.10. The summed E-state index contributed by atoms with van der Waals surface area (Å²) in [4.78, 5) is 3.42. The largest absolute Gasteiger partial charge is 0.251 e. The number of imidazole rings is 1. The lowest BCUT2D eigenvalue weighted by Crippen LogP contribution is -2.40. The molecule has 0 aromatic carbocycles. The third-order valence-corrected chi connectivity index (χ3v) is 10.1. The Morgan fingerprint density at radius 3 is 0.907 bits per heavy atom. The SMILES string of the molecule is CCCCCCCCCCCCCCCCCCC(CCCCCCCCCCCCCCCCCC)[n+]1cc[nH]c1C. The first-order valence-corrected chi connectivity index (χ1v) is 20.3. The molecular weight excluding hydrogens is 520 g/mol. The Hall–Kier alpha value is -0.790. The summed E-state index contributed by atoms with van der Waals surface area (Å²) in [5.74, 6) is 1.33. The molecule has 0 atom stereocenters. The van der Waals surface area contributed by atoms with E-state index in [1.165, 1.54) is 224 Å². The maximum Gasteiger partial charge on any atom is 0.251 e. The number of nitrogens with zero attached hydrogens (tertiary/aromatic N) is 1. The molecule has 0 bridgehead atoms. The number of H-pyrrole nitrogens is 1. The monoisotopic (exact) mass is 602 g/mol. The van der Waals surface area contributed by atoms with E-state index < -0.39 is 0 Å². The maximum atomic E-state index is 3.42. The Labute approximate surface area is 272 Å². The first-order chi connectivity index (χ1) is 21.3. The molecule has 0 saturated heterocycles. The highest BCUT2D eigenvalue weighted by Gasteiger charge is 2.18. The molecule has 0 aliphatic rings. The zero-order valence-electron chi connectivity index (χ0n) is 30.2. The first-order valence-electron chi connectivity index (χ1n) is 20.3. The third kappa shape index (κ3) is 26.2. The van der Waals surface area contributed by atoms with Crippen molar-refractivity contribution in [3.05, 3.63) is 18.2 Å². The number of nitrogens with one attached hydrogen (secondary N) is 1. The van der Waals surface area contributed by atoms with Gasteiger partial charge in [-0.25, -0.2) is 9.55 Å². The Bertz CT molecular complexity index is 614. The zero-order valence-corrected chi connectivity index (χ0v) is 30.2. The normalized spacial score (nSPS) is 11.7. The van der Waals surface area contributed by atoms with Crippen LogP contribution in [0.4, 0.5) is 0 Å². The van der Waals surface area contributed by atoms with Crippen LogP contribution in [-0.4, -0.2) is 4.98 Å². The van der Waals surface area contributed by atoms with Crippen LogP contribution < -0.4 is 4.57 Å². The van der Waals surface area contributed by atoms with E-state index in [0.29, 0.717) is 6.04 Å². The Kier molecular flexibility index (Phi) is 30.5.